The van der Waals surface area contributed by atoms with Crippen LogP contribution in [0, 0.1) is 6.92 Å². The summed E-state index contributed by atoms with van der Waals surface area (Å²) in [6.45, 7) is 1.82. The van der Waals surface area contributed by atoms with Gasteiger partial charge in [0.25, 0.3) is 0 Å². The van der Waals surface area contributed by atoms with Crippen molar-refractivity contribution in [1.29, 1.82) is 0 Å². The average Bonchev–Trinajstić information content (AvgIpc) is 2.83. The molecule has 118 valence electrons. The van der Waals surface area contributed by atoms with Crippen molar-refractivity contribution < 1.29 is 24.1 Å². The largest absolute Gasteiger partial charge is 0.507 e. The van der Waals surface area contributed by atoms with Gasteiger partial charge in [-0.2, -0.15) is 0 Å². The molecule has 0 saturated heterocycles. The number of rotatable bonds is 3. The molecule has 0 spiro atoms. The van der Waals surface area contributed by atoms with E-state index in [0.717, 1.165) is 11.1 Å². The minimum atomic E-state index is -0.340. The highest BCUT2D eigenvalue weighted by molar-refractivity contribution is 6.16. The zero-order valence-corrected chi connectivity index (χ0v) is 13.0. The van der Waals surface area contributed by atoms with Gasteiger partial charge < -0.3 is 19.3 Å². The van der Waals surface area contributed by atoms with Crippen LogP contribution in [0.2, 0.25) is 0 Å². The second kappa shape index (κ2) is 5.68. The Balaban J connectivity index is 1.99. The van der Waals surface area contributed by atoms with Crippen molar-refractivity contribution in [1.82, 2.24) is 0 Å². The molecule has 0 unspecified atom stereocenters. The number of allylic oxidation sites excluding steroid dienone is 1. The number of hydrogen-bond donors (Lipinski definition) is 1. The molecule has 0 atom stereocenters. The molecule has 0 aromatic heterocycles. The van der Waals surface area contributed by atoms with Crippen molar-refractivity contribution in [2.75, 3.05) is 14.2 Å². The highest BCUT2D eigenvalue weighted by Gasteiger charge is 2.30. The van der Waals surface area contributed by atoms with Crippen molar-refractivity contribution in [2.45, 2.75) is 6.92 Å². The molecule has 23 heavy (non-hydrogen) atoms. The molecule has 5 nitrogen and oxygen atoms in total. The summed E-state index contributed by atoms with van der Waals surface area (Å²) in [6, 6.07) is 8.55. The molecule has 1 aliphatic heterocycles. The van der Waals surface area contributed by atoms with E-state index in [2.05, 4.69) is 0 Å². The van der Waals surface area contributed by atoms with E-state index in [1.165, 1.54) is 0 Å². The van der Waals surface area contributed by atoms with Crippen LogP contribution in [-0.2, 0) is 0 Å². The molecule has 2 aromatic carbocycles. The maximum atomic E-state index is 12.4. The molecule has 0 bridgehead atoms. The van der Waals surface area contributed by atoms with Crippen LogP contribution in [0.15, 0.2) is 36.1 Å². The Bertz CT molecular complexity index is 820. The van der Waals surface area contributed by atoms with E-state index in [4.69, 9.17) is 14.2 Å². The monoisotopic (exact) mass is 312 g/mol. The zero-order valence-electron chi connectivity index (χ0n) is 13.0. The summed E-state index contributed by atoms with van der Waals surface area (Å²) >= 11 is 0. The fourth-order valence-corrected chi connectivity index (χ4v) is 2.52. The van der Waals surface area contributed by atoms with Crippen LogP contribution in [-0.4, -0.2) is 25.1 Å². The van der Waals surface area contributed by atoms with Crippen molar-refractivity contribution in [3.8, 4) is 23.0 Å². The fourth-order valence-electron chi connectivity index (χ4n) is 2.52. The third-order valence-electron chi connectivity index (χ3n) is 3.60. The third kappa shape index (κ3) is 2.61. The van der Waals surface area contributed by atoms with Crippen LogP contribution in [0.1, 0.15) is 21.5 Å². The highest BCUT2D eigenvalue weighted by Crippen LogP contribution is 2.39. The Morgan fingerprint density at radius 2 is 1.83 bits per heavy atom. The lowest BCUT2D eigenvalue weighted by atomic mass is 10.1. The van der Waals surface area contributed by atoms with Crippen LogP contribution >= 0.6 is 0 Å². The quantitative estimate of drug-likeness (QED) is 0.881. The second-order valence-corrected chi connectivity index (χ2v) is 5.21. The second-order valence-electron chi connectivity index (χ2n) is 5.21. The molecule has 1 aliphatic rings. The van der Waals surface area contributed by atoms with Gasteiger partial charge in [0.05, 0.1) is 14.2 Å². The van der Waals surface area contributed by atoms with E-state index < -0.39 is 0 Å². The maximum absolute atomic E-state index is 12.4. The van der Waals surface area contributed by atoms with E-state index in [0.29, 0.717) is 17.2 Å². The van der Waals surface area contributed by atoms with Gasteiger partial charge in [0.15, 0.2) is 17.3 Å². The summed E-state index contributed by atoms with van der Waals surface area (Å²) < 4.78 is 16.0. The molecule has 0 aliphatic carbocycles. The number of phenols is 1. The Kier molecular flexibility index (Phi) is 3.70. The Hall–Kier alpha value is -2.95. The smallest absolute Gasteiger partial charge is 0.235 e. The van der Waals surface area contributed by atoms with Crippen LogP contribution in [0.3, 0.4) is 0 Å². The highest BCUT2D eigenvalue weighted by atomic mass is 16.5. The number of aromatic hydroxyl groups is 1. The van der Waals surface area contributed by atoms with Crippen molar-refractivity contribution in [2.24, 2.45) is 0 Å². The molecule has 0 fully saturated rings. The fraction of sp³-hybridized carbons (Fsp3) is 0.167. The lowest BCUT2D eigenvalue weighted by Gasteiger charge is -2.08. The summed E-state index contributed by atoms with van der Waals surface area (Å²) in [7, 11) is 3.10. The van der Waals surface area contributed by atoms with E-state index in [-0.39, 0.29) is 22.9 Å². The molecule has 0 amide bonds. The van der Waals surface area contributed by atoms with Gasteiger partial charge in [0, 0.05) is 0 Å². The number of ether oxygens (including phenoxy) is 3. The predicted molar refractivity (Wildman–Crippen MR) is 85.3 cm³/mol. The third-order valence-corrected chi connectivity index (χ3v) is 3.60. The standard InChI is InChI=1S/C18H16O5/c1-10-6-12(19)17-15(7-10)23-16(18(17)20)9-11-4-5-13(21-2)14(8-11)22-3/h4-9,19H,1-3H3/b16-9-. The van der Waals surface area contributed by atoms with E-state index >= 15 is 0 Å². The minimum Gasteiger partial charge on any atom is -0.507 e. The number of carbonyl (C=O) groups excluding carboxylic acids is 1. The number of phenolic OH excluding ortho intramolecular Hbond substituents is 1. The van der Waals surface area contributed by atoms with Crippen LogP contribution in [0.4, 0.5) is 0 Å². The van der Waals surface area contributed by atoms with Crippen LogP contribution < -0.4 is 14.2 Å². The van der Waals surface area contributed by atoms with E-state index in [9.17, 15) is 9.90 Å². The van der Waals surface area contributed by atoms with Gasteiger partial charge in [-0.15, -0.1) is 0 Å². The minimum absolute atomic E-state index is 0.0688. The van der Waals surface area contributed by atoms with Crippen LogP contribution in [0.5, 0.6) is 23.0 Å². The normalized spacial score (nSPS) is 14.6. The number of aryl methyl sites for hydroxylation is 1. The lowest BCUT2D eigenvalue weighted by Crippen LogP contribution is -1.98. The Morgan fingerprint density at radius 1 is 1.09 bits per heavy atom. The molecular formula is C18H16O5. The molecule has 1 heterocycles. The number of fused-ring (bicyclic) bond motifs is 1. The molecule has 3 rings (SSSR count). The van der Waals surface area contributed by atoms with Gasteiger partial charge in [-0.25, -0.2) is 0 Å². The van der Waals surface area contributed by atoms with Gasteiger partial charge in [-0.1, -0.05) is 6.07 Å². The first-order valence-corrected chi connectivity index (χ1v) is 7.03. The maximum Gasteiger partial charge on any atom is 0.235 e. The summed E-state index contributed by atoms with van der Waals surface area (Å²) in [6.07, 6.45) is 1.61. The lowest BCUT2D eigenvalue weighted by molar-refractivity contribution is 0.101. The molecular weight excluding hydrogens is 296 g/mol. The number of benzene rings is 2. The Labute approximate surface area is 133 Å². The first kappa shape index (κ1) is 15.0. The first-order valence-electron chi connectivity index (χ1n) is 7.03. The van der Waals surface area contributed by atoms with Crippen molar-refractivity contribution in [3.63, 3.8) is 0 Å². The summed E-state index contributed by atoms with van der Waals surface area (Å²) in [5.74, 6) is 1.29. The molecule has 1 N–H and O–H groups in total. The number of ketones is 1. The molecule has 2 aromatic rings. The van der Waals surface area contributed by atoms with E-state index in [1.807, 2.05) is 6.92 Å². The number of Topliss-reactive ketones (excluding diaryl/α,β-unsaturated/α-hetero) is 1. The van der Waals surface area contributed by atoms with Gasteiger partial charge in [-0.3, -0.25) is 4.79 Å². The summed E-state index contributed by atoms with van der Waals surface area (Å²) in [4.78, 5) is 12.4. The average molecular weight is 312 g/mol. The predicted octanol–water partition coefficient (Wildman–Crippen LogP) is 3.33. The topological polar surface area (TPSA) is 65.0 Å². The van der Waals surface area contributed by atoms with Crippen molar-refractivity contribution >= 4 is 11.9 Å². The SMILES string of the molecule is COc1ccc(/C=C2\Oc3cc(C)cc(O)c3C2=O)cc1OC. The molecule has 0 radical (unpaired) electrons. The number of hydrogen-bond acceptors (Lipinski definition) is 5. The Morgan fingerprint density at radius 3 is 2.52 bits per heavy atom. The van der Waals surface area contributed by atoms with Crippen LogP contribution in [0.25, 0.3) is 6.08 Å². The molecule has 5 heteroatoms. The van der Waals surface area contributed by atoms with Gasteiger partial charge >= 0.3 is 0 Å². The summed E-state index contributed by atoms with van der Waals surface area (Å²) in [5, 5.41) is 9.95. The van der Waals surface area contributed by atoms with Gasteiger partial charge in [-0.05, 0) is 48.4 Å². The summed E-state index contributed by atoms with van der Waals surface area (Å²) in [5.41, 5.74) is 1.75. The zero-order chi connectivity index (χ0) is 16.6. The number of carbonyl (C=O) groups is 1. The van der Waals surface area contributed by atoms with E-state index in [1.54, 1.807) is 50.6 Å². The molecule has 0 saturated carbocycles. The van der Waals surface area contributed by atoms with Crippen molar-refractivity contribution in [3.05, 3.63) is 52.8 Å². The van der Waals surface area contributed by atoms with Gasteiger partial charge in [0.1, 0.15) is 17.1 Å². The first-order chi connectivity index (χ1) is 11.0. The van der Waals surface area contributed by atoms with Gasteiger partial charge in [0.2, 0.25) is 5.78 Å². The number of methoxy groups -OCH3 is 2.